The lowest BCUT2D eigenvalue weighted by atomic mass is 10.2. The first-order chi connectivity index (χ1) is 8.49. The van der Waals surface area contributed by atoms with Crippen molar-refractivity contribution in [3.8, 4) is 0 Å². The number of aryl methyl sites for hydroxylation is 2. The van der Waals surface area contributed by atoms with Crippen LogP contribution in [0.1, 0.15) is 11.3 Å². The van der Waals surface area contributed by atoms with Crippen molar-refractivity contribution < 1.29 is 0 Å². The zero-order valence-electron chi connectivity index (χ0n) is 10.1. The molecule has 0 amide bonds. The molecule has 0 spiro atoms. The third kappa shape index (κ3) is 2.64. The highest BCUT2D eigenvalue weighted by Gasteiger charge is 2.15. The highest BCUT2D eigenvalue weighted by atomic mass is 127. The quantitative estimate of drug-likeness (QED) is 0.643. The van der Waals surface area contributed by atoms with Gasteiger partial charge >= 0.3 is 0 Å². The van der Waals surface area contributed by atoms with E-state index in [1.54, 1.807) is 4.68 Å². The molecule has 4 nitrogen and oxygen atoms in total. The summed E-state index contributed by atoms with van der Waals surface area (Å²) in [6, 6.07) is 8.07. The van der Waals surface area contributed by atoms with Crippen LogP contribution in [0.15, 0.2) is 24.3 Å². The van der Waals surface area contributed by atoms with Crippen molar-refractivity contribution in [2.75, 3.05) is 5.32 Å². The third-order valence-electron chi connectivity index (χ3n) is 2.56. The summed E-state index contributed by atoms with van der Waals surface area (Å²) in [6.07, 6.45) is 0. The van der Waals surface area contributed by atoms with Gasteiger partial charge in [-0.2, -0.15) is 5.10 Å². The summed E-state index contributed by atoms with van der Waals surface area (Å²) < 4.78 is 2.91. The first kappa shape index (κ1) is 13.3. The van der Waals surface area contributed by atoms with Gasteiger partial charge in [-0.05, 0) is 47.7 Å². The van der Waals surface area contributed by atoms with Crippen LogP contribution in [0.3, 0.4) is 0 Å². The Balaban J connectivity index is 2.43. The van der Waals surface area contributed by atoms with Crippen LogP contribution in [0.5, 0.6) is 0 Å². The fourth-order valence-corrected chi connectivity index (χ4v) is 2.59. The molecule has 2 aromatic rings. The molecule has 0 aliphatic carbocycles. The minimum Gasteiger partial charge on any atom is -0.389 e. The van der Waals surface area contributed by atoms with Crippen molar-refractivity contribution >= 4 is 51.3 Å². The van der Waals surface area contributed by atoms with E-state index in [1.807, 2.05) is 38.2 Å². The van der Waals surface area contributed by atoms with Crippen molar-refractivity contribution in [1.82, 2.24) is 9.78 Å². The van der Waals surface area contributed by atoms with Gasteiger partial charge in [-0.25, -0.2) is 0 Å². The molecule has 18 heavy (non-hydrogen) atoms. The lowest BCUT2D eigenvalue weighted by Crippen LogP contribution is -2.13. The normalized spacial score (nSPS) is 10.4. The van der Waals surface area contributed by atoms with E-state index < -0.39 is 0 Å². The molecule has 0 fully saturated rings. The zero-order chi connectivity index (χ0) is 13.3. The summed E-state index contributed by atoms with van der Waals surface area (Å²) in [4.78, 5) is 0.355. The summed E-state index contributed by atoms with van der Waals surface area (Å²) in [5, 5.41) is 7.65. The number of nitrogens with zero attached hydrogens (tertiary/aromatic N) is 2. The number of nitrogens with one attached hydrogen (secondary N) is 1. The van der Waals surface area contributed by atoms with Crippen LogP contribution >= 0.6 is 34.8 Å². The van der Waals surface area contributed by atoms with Crippen LogP contribution in [-0.2, 0) is 7.05 Å². The average Bonchev–Trinajstić information content (AvgIpc) is 2.53. The Hall–Kier alpha value is -1.15. The van der Waals surface area contributed by atoms with Gasteiger partial charge in [-0.15, -0.1) is 0 Å². The predicted molar refractivity (Wildman–Crippen MR) is 86.3 cm³/mol. The smallest absolute Gasteiger partial charge is 0.138 e. The Kier molecular flexibility index (Phi) is 3.86. The van der Waals surface area contributed by atoms with E-state index in [9.17, 15) is 0 Å². The number of halogens is 1. The highest BCUT2D eigenvalue weighted by molar-refractivity contribution is 14.1. The molecule has 1 heterocycles. The Morgan fingerprint density at radius 2 is 2.22 bits per heavy atom. The van der Waals surface area contributed by atoms with E-state index in [1.165, 1.54) is 0 Å². The van der Waals surface area contributed by atoms with Crippen LogP contribution < -0.4 is 11.1 Å². The maximum absolute atomic E-state index is 5.75. The van der Waals surface area contributed by atoms with Crippen LogP contribution in [0, 0.1) is 10.5 Å². The summed E-state index contributed by atoms with van der Waals surface area (Å²) >= 11 is 7.35. The maximum Gasteiger partial charge on any atom is 0.138 e. The van der Waals surface area contributed by atoms with Gasteiger partial charge in [0.2, 0.25) is 0 Å². The molecular formula is C12H13IN4S. The molecular weight excluding hydrogens is 359 g/mol. The van der Waals surface area contributed by atoms with Crippen LogP contribution in [-0.4, -0.2) is 14.8 Å². The maximum atomic E-state index is 5.75. The Morgan fingerprint density at radius 1 is 1.50 bits per heavy atom. The second-order valence-corrected chi connectivity index (χ2v) is 5.62. The van der Waals surface area contributed by atoms with Crippen molar-refractivity contribution in [2.45, 2.75) is 6.92 Å². The number of nitrogens with two attached hydrogens (primary N) is 1. The van der Waals surface area contributed by atoms with Gasteiger partial charge < -0.3 is 11.1 Å². The lowest BCUT2D eigenvalue weighted by Gasteiger charge is -2.09. The van der Waals surface area contributed by atoms with Gasteiger partial charge in [0, 0.05) is 16.3 Å². The van der Waals surface area contributed by atoms with Crippen molar-refractivity contribution in [3.05, 3.63) is 39.1 Å². The van der Waals surface area contributed by atoms with Gasteiger partial charge in [-0.3, -0.25) is 4.68 Å². The molecule has 2 rings (SSSR count). The number of rotatable bonds is 3. The van der Waals surface area contributed by atoms with Gasteiger partial charge in [0.1, 0.15) is 10.8 Å². The monoisotopic (exact) mass is 372 g/mol. The molecule has 1 aromatic heterocycles. The standard InChI is InChI=1S/C12H13IN4S/c1-7-10(11(14)18)12(17(2)16-7)15-9-5-3-4-8(13)6-9/h3-6,15H,1-2H3,(H2,14,18). The van der Waals surface area contributed by atoms with Gasteiger partial charge in [0.15, 0.2) is 0 Å². The minimum atomic E-state index is 0.355. The van der Waals surface area contributed by atoms with Crippen LogP contribution in [0.2, 0.25) is 0 Å². The molecule has 0 saturated heterocycles. The number of aromatic nitrogens is 2. The van der Waals surface area contributed by atoms with E-state index in [-0.39, 0.29) is 0 Å². The molecule has 3 N–H and O–H groups in total. The van der Waals surface area contributed by atoms with E-state index in [0.717, 1.165) is 26.3 Å². The minimum absolute atomic E-state index is 0.355. The molecule has 94 valence electrons. The van der Waals surface area contributed by atoms with E-state index in [0.29, 0.717) is 4.99 Å². The second-order valence-electron chi connectivity index (χ2n) is 3.93. The molecule has 0 unspecified atom stereocenters. The molecule has 0 aliphatic rings. The SMILES string of the molecule is Cc1nn(C)c(Nc2cccc(I)c2)c1C(N)=S. The number of thiocarbonyl (C=S) groups is 1. The Bertz CT molecular complexity index is 606. The highest BCUT2D eigenvalue weighted by Crippen LogP contribution is 2.24. The first-order valence-corrected chi connectivity index (χ1v) is 6.83. The molecule has 0 saturated carbocycles. The van der Waals surface area contributed by atoms with Crippen LogP contribution in [0.4, 0.5) is 11.5 Å². The average molecular weight is 372 g/mol. The second kappa shape index (κ2) is 5.23. The van der Waals surface area contributed by atoms with Gasteiger partial charge in [0.25, 0.3) is 0 Å². The first-order valence-electron chi connectivity index (χ1n) is 5.35. The predicted octanol–water partition coefficient (Wildman–Crippen LogP) is 2.71. The molecule has 1 aromatic carbocycles. The summed E-state index contributed by atoms with van der Waals surface area (Å²) in [5.74, 6) is 0.821. The Labute approximate surface area is 125 Å². The lowest BCUT2D eigenvalue weighted by molar-refractivity contribution is 0.765. The van der Waals surface area contributed by atoms with Crippen molar-refractivity contribution in [2.24, 2.45) is 12.8 Å². The molecule has 0 atom stereocenters. The number of anilines is 2. The molecule has 0 bridgehead atoms. The summed E-state index contributed by atoms with van der Waals surface area (Å²) in [5.41, 5.74) is 8.37. The number of benzene rings is 1. The summed E-state index contributed by atoms with van der Waals surface area (Å²) in [7, 11) is 1.87. The molecule has 0 radical (unpaired) electrons. The van der Waals surface area contributed by atoms with Crippen LogP contribution in [0.25, 0.3) is 0 Å². The summed E-state index contributed by atoms with van der Waals surface area (Å²) in [6.45, 7) is 1.90. The fourth-order valence-electron chi connectivity index (χ4n) is 1.80. The zero-order valence-corrected chi connectivity index (χ0v) is 13.0. The van der Waals surface area contributed by atoms with Crippen molar-refractivity contribution in [3.63, 3.8) is 0 Å². The van der Waals surface area contributed by atoms with E-state index >= 15 is 0 Å². The number of hydrogen-bond donors (Lipinski definition) is 2. The fraction of sp³-hybridized carbons (Fsp3) is 0.167. The topological polar surface area (TPSA) is 55.9 Å². The Morgan fingerprint density at radius 3 is 2.83 bits per heavy atom. The largest absolute Gasteiger partial charge is 0.389 e. The van der Waals surface area contributed by atoms with Crippen molar-refractivity contribution in [1.29, 1.82) is 0 Å². The number of hydrogen-bond acceptors (Lipinski definition) is 3. The molecule has 0 aliphatic heterocycles. The third-order valence-corrected chi connectivity index (χ3v) is 3.43. The van der Waals surface area contributed by atoms with E-state index in [2.05, 4.69) is 33.0 Å². The van der Waals surface area contributed by atoms with E-state index in [4.69, 9.17) is 18.0 Å². The van der Waals surface area contributed by atoms with Gasteiger partial charge in [0.05, 0.1) is 11.3 Å². The van der Waals surface area contributed by atoms with Gasteiger partial charge in [-0.1, -0.05) is 18.3 Å². The molecule has 6 heteroatoms.